The molecular weight excluding hydrogens is 641 g/mol. The van der Waals surface area contributed by atoms with Gasteiger partial charge in [-0.2, -0.15) is 0 Å². The molecule has 4 rings (SSSR count). The van der Waals surface area contributed by atoms with E-state index in [2.05, 4.69) is 0 Å². The summed E-state index contributed by atoms with van der Waals surface area (Å²) in [5.41, 5.74) is 2.11. The maximum absolute atomic E-state index is 12.4. The summed E-state index contributed by atoms with van der Waals surface area (Å²) in [5, 5.41) is 8.84. The second-order valence-electron chi connectivity index (χ2n) is 12.1. The second-order valence-corrected chi connectivity index (χ2v) is 14.1. The number of ketones is 3. The Hall–Kier alpha value is -3.98. The summed E-state index contributed by atoms with van der Waals surface area (Å²) in [6, 6.07) is 33.1. The first-order chi connectivity index (χ1) is 23.0. The molecule has 0 amide bonds. The fraction of sp³-hybridized carbons (Fsp3) is 0.300. The van der Waals surface area contributed by atoms with Gasteiger partial charge in [0.15, 0.2) is 11.6 Å². The van der Waals surface area contributed by atoms with E-state index in [-0.39, 0.29) is 41.6 Å². The highest BCUT2D eigenvalue weighted by Gasteiger charge is 2.22. The molecule has 8 heteroatoms. The van der Waals surface area contributed by atoms with Crippen LogP contribution in [0.3, 0.4) is 0 Å². The van der Waals surface area contributed by atoms with Crippen LogP contribution in [-0.4, -0.2) is 52.1 Å². The lowest BCUT2D eigenvalue weighted by Crippen LogP contribution is -2.29. The number of Topliss-reactive ketones (excluding diaryl/α,β-unsaturated/α-hetero) is 1. The molecule has 0 aliphatic carbocycles. The fourth-order valence-corrected chi connectivity index (χ4v) is 6.07. The van der Waals surface area contributed by atoms with Gasteiger partial charge in [0.05, 0.1) is 11.5 Å². The van der Waals surface area contributed by atoms with Gasteiger partial charge in [-0.1, -0.05) is 74.5 Å². The van der Waals surface area contributed by atoms with Crippen molar-refractivity contribution in [3.8, 4) is 0 Å². The Balaban J connectivity index is 0.000000269. The Morgan fingerprint density at radius 3 is 1.46 bits per heavy atom. The number of benzene rings is 4. The minimum Gasteiger partial charge on any atom is -0.459 e. The molecule has 0 saturated heterocycles. The molecule has 0 aliphatic rings. The van der Waals surface area contributed by atoms with E-state index in [0.717, 1.165) is 22.6 Å². The predicted molar refractivity (Wildman–Crippen MR) is 195 cm³/mol. The third-order valence-electron chi connectivity index (χ3n) is 7.26. The lowest BCUT2D eigenvalue weighted by atomic mass is 10.0. The summed E-state index contributed by atoms with van der Waals surface area (Å²) in [6.45, 7) is 7.74. The van der Waals surface area contributed by atoms with Crippen LogP contribution in [0.15, 0.2) is 119 Å². The average Bonchev–Trinajstić information content (AvgIpc) is 3.10. The molecule has 0 aliphatic heterocycles. The van der Waals surface area contributed by atoms with Gasteiger partial charge in [0.25, 0.3) is 0 Å². The van der Waals surface area contributed by atoms with Crippen molar-refractivity contribution in [2.24, 2.45) is 5.92 Å². The van der Waals surface area contributed by atoms with Crippen molar-refractivity contribution in [1.82, 2.24) is 0 Å². The quantitative estimate of drug-likeness (QED) is 0.0542. The van der Waals surface area contributed by atoms with E-state index >= 15 is 0 Å². The molecule has 4 aromatic rings. The summed E-state index contributed by atoms with van der Waals surface area (Å²) in [7, 11) is 0. The van der Waals surface area contributed by atoms with Crippen LogP contribution in [0.1, 0.15) is 78.8 Å². The minimum absolute atomic E-state index is 0.0174. The number of carbonyl (C=O) groups is 4. The van der Waals surface area contributed by atoms with Gasteiger partial charge in [0.2, 0.25) is 0 Å². The van der Waals surface area contributed by atoms with Crippen molar-refractivity contribution in [2.45, 2.75) is 62.3 Å². The molecule has 48 heavy (non-hydrogen) atoms. The molecule has 1 N–H and O–H groups in total. The van der Waals surface area contributed by atoms with Crippen LogP contribution in [0.4, 0.5) is 0 Å². The van der Waals surface area contributed by atoms with Gasteiger partial charge < -0.3 is 9.84 Å². The number of rotatable bonds is 16. The van der Waals surface area contributed by atoms with Crippen molar-refractivity contribution in [1.29, 1.82) is 0 Å². The molecule has 0 aromatic heterocycles. The highest BCUT2D eigenvalue weighted by atomic mass is 32.2. The number of hydrogen-bond acceptors (Lipinski definition) is 8. The van der Waals surface area contributed by atoms with E-state index in [1.54, 1.807) is 24.3 Å². The molecule has 0 heterocycles. The van der Waals surface area contributed by atoms with E-state index in [1.807, 2.05) is 113 Å². The third-order valence-corrected chi connectivity index (χ3v) is 9.28. The van der Waals surface area contributed by atoms with Gasteiger partial charge in [-0.25, -0.2) is 0 Å². The Morgan fingerprint density at radius 2 is 1.04 bits per heavy atom. The lowest BCUT2D eigenvalue weighted by molar-refractivity contribution is -0.153. The number of unbranched alkanes of at least 4 members (excludes halogenated alkanes) is 1. The summed E-state index contributed by atoms with van der Waals surface area (Å²) in [4.78, 5) is 50.2. The second kappa shape index (κ2) is 19.7. The van der Waals surface area contributed by atoms with Crippen LogP contribution in [0.2, 0.25) is 0 Å². The number of carbonyl (C=O) groups excluding carboxylic acids is 4. The highest BCUT2D eigenvalue weighted by Crippen LogP contribution is 2.24. The number of hydrogen-bond donors (Lipinski definition) is 1. The van der Waals surface area contributed by atoms with Crippen LogP contribution in [0, 0.1) is 5.92 Å². The lowest BCUT2D eigenvalue weighted by Gasteiger charge is -2.25. The van der Waals surface area contributed by atoms with Gasteiger partial charge in [0.1, 0.15) is 11.4 Å². The number of esters is 1. The van der Waals surface area contributed by atoms with Crippen LogP contribution in [-0.2, 0) is 14.3 Å². The zero-order valence-corrected chi connectivity index (χ0v) is 29.7. The van der Waals surface area contributed by atoms with Gasteiger partial charge in [0, 0.05) is 44.6 Å². The van der Waals surface area contributed by atoms with E-state index in [9.17, 15) is 19.2 Å². The van der Waals surface area contributed by atoms with E-state index in [4.69, 9.17) is 9.84 Å². The topological polar surface area (TPSA) is 97.7 Å². The zero-order valence-electron chi connectivity index (χ0n) is 28.0. The number of aliphatic hydroxyl groups excluding tert-OH is 1. The van der Waals surface area contributed by atoms with E-state index < -0.39 is 5.60 Å². The number of ether oxygens (including phenoxy) is 1. The monoisotopic (exact) mass is 684 g/mol. The summed E-state index contributed by atoms with van der Waals surface area (Å²) >= 11 is 2.90. The Bertz CT molecular complexity index is 1600. The molecule has 0 radical (unpaired) electrons. The standard InChI is InChI=1S/C22H26O4S.C18H18O2S/c1-22(2,14-6-7-15-23)26-20(24)16-27-19-12-10-18(11-13-19)21(25)17-8-4-3-5-9-17;1-13(2)17(19)12-21-16-10-8-15(9-11-16)18(20)14-6-4-3-5-7-14/h3-5,8-13,23H,6-7,14-16H2,1-2H3;3-11,13H,12H2,1-2H3. The SMILES string of the molecule is CC(C)(CCCCO)OC(=O)CSc1ccc(C(=O)c2ccccc2)cc1.CC(C)C(=O)CSc1ccc(C(=O)c2ccccc2)cc1. The highest BCUT2D eigenvalue weighted by molar-refractivity contribution is 8.00. The largest absolute Gasteiger partial charge is 0.459 e. The molecule has 0 fully saturated rings. The first kappa shape index (κ1) is 38.5. The summed E-state index contributed by atoms with van der Waals surface area (Å²) in [5.74, 6) is 0.736. The smallest absolute Gasteiger partial charge is 0.316 e. The Labute approximate surface area is 292 Å². The van der Waals surface area contributed by atoms with Crippen molar-refractivity contribution >= 4 is 46.8 Å². The van der Waals surface area contributed by atoms with Crippen LogP contribution < -0.4 is 0 Å². The van der Waals surface area contributed by atoms with Crippen LogP contribution in [0.5, 0.6) is 0 Å². The fourth-order valence-electron chi connectivity index (χ4n) is 4.43. The molecule has 6 nitrogen and oxygen atoms in total. The molecule has 0 spiro atoms. The van der Waals surface area contributed by atoms with E-state index in [0.29, 0.717) is 34.4 Å². The summed E-state index contributed by atoms with van der Waals surface area (Å²) in [6.07, 6.45) is 2.25. The Kier molecular flexibility index (Phi) is 15.8. The molecule has 252 valence electrons. The first-order valence-electron chi connectivity index (χ1n) is 16.0. The third kappa shape index (κ3) is 13.3. The molecule has 4 aromatic carbocycles. The normalized spacial score (nSPS) is 11.0. The number of thioether (sulfide) groups is 2. The number of aliphatic hydroxyl groups is 1. The maximum atomic E-state index is 12.4. The summed E-state index contributed by atoms with van der Waals surface area (Å²) < 4.78 is 5.53. The molecule has 0 atom stereocenters. The first-order valence-corrected chi connectivity index (χ1v) is 18.0. The molecule has 0 unspecified atom stereocenters. The van der Waals surface area contributed by atoms with Crippen molar-refractivity contribution in [3.05, 3.63) is 131 Å². The predicted octanol–water partition coefficient (Wildman–Crippen LogP) is 8.73. The van der Waals surface area contributed by atoms with Crippen LogP contribution >= 0.6 is 23.5 Å². The molecular formula is C40H44O6S2. The minimum atomic E-state index is -0.529. The van der Waals surface area contributed by atoms with Gasteiger partial charge in [-0.05, 0) is 81.6 Å². The van der Waals surface area contributed by atoms with Crippen molar-refractivity contribution < 1.29 is 29.0 Å². The van der Waals surface area contributed by atoms with Crippen LogP contribution in [0.25, 0.3) is 0 Å². The van der Waals surface area contributed by atoms with Gasteiger partial charge >= 0.3 is 5.97 Å². The molecule has 0 saturated carbocycles. The van der Waals surface area contributed by atoms with Crippen molar-refractivity contribution in [2.75, 3.05) is 18.1 Å². The average molecular weight is 685 g/mol. The zero-order chi connectivity index (χ0) is 34.9. The van der Waals surface area contributed by atoms with Gasteiger partial charge in [-0.15, -0.1) is 23.5 Å². The van der Waals surface area contributed by atoms with E-state index in [1.165, 1.54) is 23.5 Å². The van der Waals surface area contributed by atoms with Crippen molar-refractivity contribution in [3.63, 3.8) is 0 Å². The Morgan fingerprint density at radius 1 is 0.625 bits per heavy atom. The molecule has 0 bridgehead atoms. The van der Waals surface area contributed by atoms with Gasteiger partial charge in [-0.3, -0.25) is 19.2 Å². The maximum Gasteiger partial charge on any atom is 0.316 e.